The van der Waals surface area contributed by atoms with Crippen molar-refractivity contribution in [2.24, 2.45) is 0 Å². The number of hydrogen-bond acceptors (Lipinski definition) is 9. The van der Waals surface area contributed by atoms with Gasteiger partial charge in [0.1, 0.15) is 17.4 Å². The summed E-state index contributed by atoms with van der Waals surface area (Å²) in [5.74, 6) is 2.60. The molecular weight excluding hydrogens is 480 g/mol. The minimum Gasteiger partial charge on any atom is -0.495 e. The Morgan fingerprint density at radius 3 is 2.67 bits per heavy atom. The van der Waals surface area contributed by atoms with Gasteiger partial charge in [0.2, 0.25) is 10.0 Å². The summed E-state index contributed by atoms with van der Waals surface area (Å²) >= 11 is 0. The Morgan fingerprint density at radius 2 is 2.00 bits per heavy atom. The minimum atomic E-state index is -3.38. The first-order chi connectivity index (χ1) is 17.4. The summed E-state index contributed by atoms with van der Waals surface area (Å²) in [6, 6.07) is 7.68. The Kier molecular flexibility index (Phi) is 6.68. The number of sulfonamides is 1. The van der Waals surface area contributed by atoms with Crippen molar-refractivity contribution in [2.75, 3.05) is 23.5 Å². The zero-order valence-corrected chi connectivity index (χ0v) is 21.2. The summed E-state index contributed by atoms with van der Waals surface area (Å²) in [4.78, 5) is 9.38. The standard InChI is InChI=1S/C24H30N8O3S/c1-15-9-23(31-30-15)28-22-13-21-20(12-19(35-2)14-26-21)24(29-22)27-16-10-17-5-6-18(11-16)32(17)36(33,34)8-4-3-7-25/h9,12-14,16-18H,3-6,8,10-11H2,1-2H3,(H3,27,28,29,30,31)/t16?,17-,18+. The first-order valence-electron chi connectivity index (χ1n) is 12.1. The number of hydrogen-bond donors (Lipinski definition) is 3. The Labute approximate surface area is 210 Å². The molecule has 3 aromatic heterocycles. The highest BCUT2D eigenvalue weighted by atomic mass is 32.2. The molecule has 2 saturated heterocycles. The minimum absolute atomic E-state index is 0.0314. The second-order valence-electron chi connectivity index (χ2n) is 9.46. The number of piperidine rings is 1. The molecule has 2 fully saturated rings. The van der Waals surface area contributed by atoms with E-state index in [2.05, 4.69) is 25.8 Å². The molecule has 3 atom stereocenters. The number of H-pyrrole nitrogens is 1. The van der Waals surface area contributed by atoms with E-state index in [9.17, 15) is 8.42 Å². The molecule has 0 radical (unpaired) electrons. The topological polar surface area (TPSA) is 149 Å². The summed E-state index contributed by atoms with van der Waals surface area (Å²) < 4.78 is 33.1. The van der Waals surface area contributed by atoms with Gasteiger partial charge in [-0.15, -0.1) is 0 Å². The second-order valence-corrected chi connectivity index (χ2v) is 11.5. The fourth-order valence-corrected chi connectivity index (χ4v) is 7.35. The van der Waals surface area contributed by atoms with Crippen LogP contribution in [-0.4, -0.2) is 63.9 Å². The fourth-order valence-electron chi connectivity index (χ4n) is 5.34. The third-order valence-electron chi connectivity index (χ3n) is 6.87. The molecule has 0 aromatic carbocycles. The third kappa shape index (κ3) is 4.94. The highest BCUT2D eigenvalue weighted by Crippen LogP contribution is 2.40. The maximum absolute atomic E-state index is 13.0. The van der Waals surface area contributed by atoms with Crippen molar-refractivity contribution in [2.45, 2.75) is 63.6 Å². The molecule has 0 saturated carbocycles. The number of nitrogens with one attached hydrogen (secondary N) is 3. The molecule has 5 rings (SSSR count). The number of methoxy groups -OCH3 is 1. The van der Waals surface area contributed by atoms with Gasteiger partial charge in [-0.1, -0.05) is 0 Å². The number of pyridine rings is 2. The Balaban J connectivity index is 1.39. The fraction of sp³-hybridized carbons (Fsp3) is 0.500. The van der Waals surface area contributed by atoms with Gasteiger partial charge in [0.05, 0.1) is 30.6 Å². The van der Waals surface area contributed by atoms with Gasteiger partial charge in [0, 0.05) is 47.8 Å². The van der Waals surface area contributed by atoms with Crippen LogP contribution in [0.1, 0.15) is 44.2 Å². The van der Waals surface area contributed by atoms with Crippen molar-refractivity contribution >= 4 is 38.4 Å². The summed E-state index contributed by atoms with van der Waals surface area (Å²) in [5, 5.41) is 23.6. The van der Waals surface area contributed by atoms with Crippen LogP contribution >= 0.6 is 0 Å². The van der Waals surface area contributed by atoms with Crippen molar-refractivity contribution in [1.82, 2.24) is 24.5 Å². The molecule has 11 nitrogen and oxygen atoms in total. The molecule has 12 heteroatoms. The van der Waals surface area contributed by atoms with Crippen LogP contribution in [0.15, 0.2) is 24.4 Å². The van der Waals surface area contributed by atoms with Crippen LogP contribution in [0.3, 0.4) is 0 Å². The lowest BCUT2D eigenvalue weighted by Gasteiger charge is -2.38. The number of nitriles is 1. The number of nitrogens with zero attached hydrogens (tertiary/aromatic N) is 5. The smallest absolute Gasteiger partial charge is 0.214 e. The van der Waals surface area contributed by atoms with Crippen molar-refractivity contribution < 1.29 is 13.2 Å². The molecule has 0 aliphatic carbocycles. The third-order valence-corrected chi connectivity index (χ3v) is 8.91. The van der Waals surface area contributed by atoms with Gasteiger partial charge in [-0.3, -0.25) is 10.1 Å². The van der Waals surface area contributed by atoms with Crippen LogP contribution in [0.5, 0.6) is 5.75 Å². The first-order valence-corrected chi connectivity index (χ1v) is 13.8. The molecule has 36 heavy (non-hydrogen) atoms. The van der Waals surface area contributed by atoms with E-state index in [0.717, 1.165) is 29.4 Å². The lowest BCUT2D eigenvalue weighted by molar-refractivity contribution is 0.234. The van der Waals surface area contributed by atoms with Gasteiger partial charge in [0.25, 0.3) is 0 Å². The molecular formula is C24H30N8O3S. The van der Waals surface area contributed by atoms with E-state index < -0.39 is 10.0 Å². The molecule has 1 unspecified atom stereocenters. The van der Waals surface area contributed by atoms with E-state index in [-0.39, 0.29) is 30.3 Å². The van der Waals surface area contributed by atoms with E-state index in [1.807, 2.05) is 31.2 Å². The number of unbranched alkanes of at least 4 members (excludes halogenated alkanes) is 1. The largest absolute Gasteiger partial charge is 0.495 e. The van der Waals surface area contributed by atoms with E-state index in [0.29, 0.717) is 42.5 Å². The molecule has 2 aliphatic heterocycles. The van der Waals surface area contributed by atoms with Gasteiger partial charge in [-0.2, -0.15) is 14.7 Å². The quantitative estimate of drug-likeness (QED) is 0.368. The van der Waals surface area contributed by atoms with Crippen molar-refractivity contribution in [3.05, 3.63) is 30.1 Å². The molecule has 0 amide bonds. The molecule has 2 bridgehead atoms. The molecule has 0 spiro atoms. The zero-order chi connectivity index (χ0) is 25.3. The van der Waals surface area contributed by atoms with Crippen molar-refractivity contribution in [1.29, 1.82) is 5.26 Å². The van der Waals surface area contributed by atoms with E-state index in [1.54, 1.807) is 17.6 Å². The predicted molar refractivity (Wildman–Crippen MR) is 137 cm³/mol. The maximum Gasteiger partial charge on any atom is 0.214 e. The average molecular weight is 511 g/mol. The molecule has 2 aliphatic rings. The summed E-state index contributed by atoms with van der Waals surface area (Å²) in [7, 11) is -1.78. The number of fused-ring (bicyclic) bond motifs is 3. The zero-order valence-electron chi connectivity index (χ0n) is 20.4. The number of aromatic amines is 1. The lowest BCUT2D eigenvalue weighted by atomic mass is 9.99. The van der Waals surface area contributed by atoms with E-state index in [4.69, 9.17) is 15.0 Å². The highest BCUT2D eigenvalue weighted by molar-refractivity contribution is 7.89. The van der Waals surface area contributed by atoms with Gasteiger partial charge >= 0.3 is 0 Å². The number of aromatic nitrogens is 4. The highest BCUT2D eigenvalue weighted by Gasteiger charge is 2.46. The van der Waals surface area contributed by atoms with Gasteiger partial charge < -0.3 is 15.4 Å². The van der Waals surface area contributed by atoms with Crippen LogP contribution in [-0.2, 0) is 10.0 Å². The average Bonchev–Trinajstić information content (AvgIpc) is 3.39. The molecule has 190 valence electrons. The Morgan fingerprint density at radius 1 is 1.22 bits per heavy atom. The Bertz CT molecular complexity index is 1390. The number of ether oxygens (including phenoxy) is 1. The van der Waals surface area contributed by atoms with Gasteiger partial charge in [-0.05, 0) is 45.1 Å². The van der Waals surface area contributed by atoms with Crippen LogP contribution in [0.25, 0.3) is 10.9 Å². The van der Waals surface area contributed by atoms with Crippen LogP contribution < -0.4 is 15.4 Å². The Hall–Kier alpha value is -3.43. The normalized spacial score (nSPS) is 21.9. The second kappa shape index (κ2) is 9.91. The van der Waals surface area contributed by atoms with Crippen LogP contribution in [0.4, 0.5) is 17.5 Å². The van der Waals surface area contributed by atoms with Crippen molar-refractivity contribution in [3.63, 3.8) is 0 Å². The van der Waals surface area contributed by atoms with Gasteiger partial charge in [0.15, 0.2) is 5.82 Å². The summed E-state index contributed by atoms with van der Waals surface area (Å²) in [6.45, 7) is 1.93. The van der Waals surface area contributed by atoms with E-state index in [1.165, 1.54) is 0 Å². The SMILES string of the molecule is COc1cnc2cc(Nc3cc(C)[nH]n3)nc(NC3C[C@H]4CC[C@@H](C3)N4S(=O)(=O)CCCC#N)c2c1. The van der Waals surface area contributed by atoms with Gasteiger partial charge in [-0.25, -0.2) is 13.4 Å². The summed E-state index contributed by atoms with van der Waals surface area (Å²) in [6.07, 6.45) is 5.40. The first kappa shape index (κ1) is 24.3. The predicted octanol–water partition coefficient (Wildman–Crippen LogP) is 3.45. The number of anilines is 3. The molecule has 5 heterocycles. The monoisotopic (exact) mass is 510 g/mol. The van der Waals surface area contributed by atoms with Crippen LogP contribution in [0.2, 0.25) is 0 Å². The number of rotatable bonds is 9. The van der Waals surface area contributed by atoms with Crippen molar-refractivity contribution in [3.8, 4) is 11.8 Å². The molecule has 3 N–H and O–H groups in total. The molecule has 3 aromatic rings. The number of aryl methyl sites for hydroxylation is 1. The summed E-state index contributed by atoms with van der Waals surface area (Å²) in [5.41, 5.74) is 1.69. The van der Waals surface area contributed by atoms with E-state index >= 15 is 0 Å². The lowest BCUT2D eigenvalue weighted by Crippen LogP contribution is -2.50. The van der Waals surface area contributed by atoms with Crippen LogP contribution in [0, 0.1) is 18.3 Å². The maximum atomic E-state index is 13.0.